The third kappa shape index (κ3) is 4.95. The lowest BCUT2D eigenvalue weighted by molar-refractivity contribution is -0.132. The van der Waals surface area contributed by atoms with Gasteiger partial charge in [-0.1, -0.05) is 48.5 Å². The van der Waals surface area contributed by atoms with E-state index in [1.165, 1.54) is 0 Å². The molecule has 0 radical (unpaired) electrons. The Morgan fingerprint density at radius 3 is 2.38 bits per heavy atom. The molecular weight excluding hydrogens is 366 g/mol. The third-order valence-corrected chi connectivity index (χ3v) is 5.56. The van der Waals surface area contributed by atoms with Gasteiger partial charge in [0.05, 0.1) is 13.5 Å². The van der Waals surface area contributed by atoms with Crippen LogP contribution in [0.4, 0.5) is 0 Å². The predicted molar refractivity (Wildman–Crippen MR) is 112 cm³/mol. The highest BCUT2D eigenvalue weighted by atomic mass is 16.5. The summed E-state index contributed by atoms with van der Waals surface area (Å²) in [7, 11) is 1.61. The summed E-state index contributed by atoms with van der Waals surface area (Å²) in [5.74, 6) is 0.612. The zero-order valence-electron chi connectivity index (χ0n) is 17.1. The number of nitrogens with zero attached hydrogens (tertiary/aromatic N) is 1. The number of piperidine rings is 1. The van der Waals surface area contributed by atoms with E-state index in [1.54, 1.807) is 14.0 Å². The molecule has 2 aromatic rings. The van der Waals surface area contributed by atoms with Crippen molar-refractivity contribution in [3.8, 4) is 5.75 Å². The van der Waals surface area contributed by atoms with Crippen molar-refractivity contribution in [2.75, 3.05) is 20.2 Å². The molecule has 6 nitrogen and oxygen atoms in total. The normalized spacial score (nSPS) is 16.7. The second kappa shape index (κ2) is 9.09. The lowest BCUT2D eigenvalue weighted by atomic mass is 9.91. The van der Waals surface area contributed by atoms with Crippen LogP contribution in [0.15, 0.2) is 54.6 Å². The number of nitrogens with one attached hydrogen (secondary N) is 1. The molecule has 3 N–H and O–H groups in total. The number of rotatable bonds is 6. The zero-order valence-corrected chi connectivity index (χ0v) is 17.1. The molecule has 0 bridgehead atoms. The molecule has 154 valence electrons. The van der Waals surface area contributed by atoms with E-state index >= 15 is 0 Å². The number of hydrogen-bond donors (Lipinski definition) is 2. The van der Waals surface area contributed by atoms with Gasteiger partial charge in [0.15, 0.2) is 0 Å². The fourth-order valence-electron chi connectivity index (χ4n) is 3.65. The Morgan fingerprint density at radius 1 is 1.10 bits per heavy atom. The van der Waals surface area contributed by atoms with Crippen molar-refractivity contribution >= 4 is 11.8 Å². The number of nitrogens with two attached hydrogens (primary N) is 1. The van der Waals surface area contributed by atoms with Crippen LogP contribution in [0.1, 0.15) is 30.9 Å². The van der Waals surface area contributed by atoms with Gasteiger partial charge < -0.3 is 20.7 Å². The minimum Gasteiger partial charge on any atom is -0.496 e. The van der Waals surface area contributed by atoms with Gasteiger partial charge in [0, 0.05) is 24.7 Å². The molecule has 1 unspecified atom stereocenters. The summed E-state index contributed by atoms with van der Waals surface area (Å²) in [5.41, 5.74) is 6.88. The van der Waals surface area contributed by atoms with Crippen molar-refractivity contribution in [2.24, 2.45) is 5.73 Å². The van der Waals surface area contributed by atoms with Gasteiger partial charge in [-0.25, -0.2) is 0 Å². The van der Waals surface area contributed by atoms with Gasteiger partial charge >= 0.3 is 0 Å². The average molecular weight is 396 g/mol. The van der Waals surface area contributed by atoms with E-state index in [1.807, 2.05) is 59.5 Å². The SMILES string of the molecule is COc1ccccc1CC(=O)N1CCC(NC(=O)C(C)(N)c2ccccc2)CC1. The standard InChI is InChI=1S/C23H29N3O3/c1-23(24,18-9-4-3-5-10-18)22(28)25-19-12-14-26(15-13-19)21(27)16-17-8-6-7-11-20(17)29-2/h3-11,19H,12-16,24H2,1-2H3,(H,25,28). The predicted octanol–water partition coefficient (Wildman–Crippen LogP) is 2.22. The molecule has 0 aliphatic carbocycles. The molecule has 0 spiro atoms. The van der Waals surface area contributed by atoms with Gasteiger partial charge in [-0.05, 0) is 31.4 Å². The number of amides is 2. The van der Waals surface area contributed by atoms with Crippen LogP contribution in [0.5, 0.6) is 5.75 Å². The highest BCUT2D eigenvalue weighted by Crippen LogP contribution is 2.21. The van der Waals surface area contributed by atoms with E-state index in [-0.39, 0.29) is 17.9 Å². The molecule has 1 heterocycles. The number of carbonyl (C=O) groups excluding carboxylic acids is 2. The van der Waals surface area contributed by atoms with Crippen LogP contribution in [-0.2, 0) is 21.5 Å². The Balaban J connectivity index is 1.52. The Labute approximate surface area is 172 Å². The molecule has 29 heavy (non-hydrogen) atoms. The number of likely N-dealkylation sites (tertiary alicyclic amines) is 1. The van der Waals surface area contributed by atoms with Gasteiger partial charge in [0.25, 0.3) is 0 Å². The van der Waals surface area contributed by atoms with Crippen LogP contribution in [0.2, 0.25) is 0 Å². The van der Waals surface area contributed by atoms with Gasteiger partial charge in [0.1, 0.15) is 11.3 Å². The number of ether oxygens (including phenoxy) is 1. The smallest absolute Gasteiger partial charge is 0.244 e. The number of carbonyl (C=O) groups is 2. The molecule has 1 aliphatic rings. The van der Waals surface area contributed by atoms with E-state index in [9.17, 15) is 9.59 Å². The van der Waals surface area contributed by atoms with Crippen molar-refractivity contribution in [3.05, 3.63) is 65.7 Å². The molecule has 3 rings (SSSR count). The topological polar surface area (TPSA) is 84.7 Å². The largest absolute Gasteiger partial charge is 0.496 e. The third-order valence-electron chi connectivity index (χ3n) is 5.56. The van der Waals surface area contributed by atoms with E-state index in [0.29, 0.717) is 32.4 Å². The van der Waals surface area contributed by atoms with Gasteiger partial charge in [-0.3, -0.25) is 9.59 Å². The highest BCUT2D eigenvalue weighted by Gasteiger charge is 2.33. The summed E-state index contributed by atoms with van der Waals surface area (Å²) in [6.45, 7) is 2.96. The summed E-state index contributed by atoms with van der Waals surface area (Å²) in [6, 6.07) is 17.0. The summed E-state index contributed by atoms with van der Waals surface area (Å²) >= 11 is 0. The minimum atomic E-state index is -1.09. The Hall–Kier alpha value is -2.86. The van der Waals surface area contributed by atoms with Gasteiger partial charge in [-0.15, -0.1) is 0 Å². The summed E-state index contributed by atoms with van der Waals surface area (Å²) in [5, 5.41) is 3.06. The van der Waals surface area contributed by atoms with Crippen molar-refractivity contribution < 1.29 is 14.3 Å². The van der Waals surface area contributed by atoms with Gasteiger partial charge in [-0.2, -0.15) is 0 Å². The first-order valence-electron chi connectivity index (χ1n) is 9.97. The molecule has 1 saturated heterocycles. The Bertz CT molecular complexity index is 843. The molecule has 6 heteroatoms. The first-order valence-corrected chi connectivity index (χ1v) is 9.97. The summed E-state index contributed by atoms with van der Waals surface area (Å²) in [4.78, 5) is 27.3. The second-order valence-corrected chi connectivity index (χ2v) is 7.69. The maximum absolute atomic E-state index is 12.7. The summed E-state index contributed by atoms with van der Waals surface area (Å²) in [6.07, 6.45) is 1.75. The number of hydrogen-bond acceptors (Lipinski definition) is 4. The van der Waals surface area contributed by atoms with Crippen molar-refractivity contribution in [1.82, 2.24) is 10.2 Å². The van der Waals surface area contributed by atoms with E-state index in [2.05, 4.69) is 5.32 Å². The van der Waals surface area contributed by atoms with Crippen LogP contribution in [0.3, 0.4) is 0 Å². The second-order valence-electron chi connectivity index (χ2n) is 7.69. The van der Waals surface area contributed by atoms with Crippen molar-refractivity contribution in [1.29, 1.82) is 0 Å². The molecule has 2 aromatic carbocycles. The molecule has 1 aliphatic heterocycles. The first-order chi connectivity index (χ1) is 13.9. The van der Waals surface area contributed by atoms with E-state index < -0.39 is 5.54 Å². The minimum absolute atomic E-state index is 0.0180. The van der Waals surface area contributed by atoms with Crippen LogP contribution in [0.25, 0.3) is 0 Å². The molecule has 2 amide bonds. The number of benzene rings is 2. The monoisotopic (exact) mass is 395 g/mol. The van der Waals surface area contributed by atoms with E-state index in [0.717, 1.165) is 16.9 Å². The van der Waals surface area contributed by atoms with Gasteiger partial charge in [0.2, 0.25) is 11.8 Å². The summed E-state index contributed by atoms with van der Waals surface area (Å²) < 4.78 is 5.33. The fraction of sp³-hybridized carbons (Fsp3) is 0.391. The van der Waals surface area contributed by atoms with Crippen molar-refractivity contribution in [2.45, 2.75) is 37.8 Å². The first kappa shape index (κ1) is 20.9. The maximum atomic E-state index is 12.7. The fourth-order valence-corrected chi connectivity index (χ4v) is 3.65. The number of para-hydroxylation sites is 1. The lowest BCUT2D eigenvalue weighted by Gasteiger charge is -2.34. The van der Waals surface area contributed by atoms with Crippen LogP contribution in [-0.4, -0.2) is 43.0 Å². The number of methoxy groups -OCH3 is 1. The molecule has 1 fully saturated rings. The highest BCUT2D eigenvalue weighted by molar-refractivity contribution is 5.87. The lowest BCUT2D eigenvalue weighted by Crippen LogP contribution is -2.54. The van der Waals surface area contributed by atoms with Crippen molar-refractivity contribution in [3.63, 3.8) is 0 Å². The maximum Gasteiger partial charge on any atom is 0.244 e. The molecule has 0 saturated carbocycles. The van der Waals surface area contributed by atoms with E-state index in [4.69, 9.17) is 10.5 Å². The Morgan fingerprint density at radius 2 is 1.72 bits per heavy atom. The Kier molecular flexibility index (Phi) is 6.54. The quantitative estimate of drug-likeness (QED) is 0.785. The molecular formula is C23H29N3O3. The van der Waals surface area contributed by atoms with Crippen LogP contribution >= 0.6 is 0 Å². The zero-order chi connectivity index (χ0) is 20.9. The average Bonchev–Trinajstić information content (AvgIpc) is 2.75. The molecule has 0 aromatic heterocycles. The van der Waals surface area contributed by atoms with Crippen LogP contribution in [0, 0.1) is 0 Å². The van der Waals surface area contributed by atoms with Crippen LogP contribution < -0.4 is 15.8 Å². The molecule has 1 atom stereocenters.